The maximum Gasteiger partial charge on any atom is 0.0130 e. The van der Waals surface area contributed by atoms with Crippen LogP contribution in [0, 0.1) is 0 Å². The van der Waals surface area contributed by atoms with E-state index in [2.05, 4.69) is 42.9 Å². The summed E-state index contributed by atoms with van der Waals surface area (Å²) in [5.74, 6) is 8.00. The van der Waals surface area contributed by atoms with Crippen molar-refractivity contribution in [3.63, 3.8) is 0 Å². The summed E-state index contributed by atoms with van der Waals surface area (Å²) in [7, 11) is 0. The highest BCUT2D eigenvalue weighted by molar-refractivity contribution is 4.57. The summed E-state index contributed by atoms with van der Waals surface area (Å²) in [6.07, 6.45) is 34.0. The molecule has 0 saturated carbocycles. The molecule has 0 aliphatic heterocycles. The Morgan fingerprint density at radius 2 is 0.647 bits per heavy atom. The molecule has 0 radical (unpaired) electrons. The van der Waals surface area contributed by atoms with Gasteiger partial charge in [-0.1, -0.05) is 156 Å². The number of unbranched alkanes of at least 4 members (excludes halogenated alkanes) is 21. The number of nitrogens with zero attached hydrogens (tertiary/aromatic N) is 1. The van der Waals surface area contributed by atoms with E-state index in [1.807, 2.05) is 0 Å². The number of hydrogen-bond donors (Lipinski definition) is 3. The van der Waals surface area contributed by atoms with E-state index in [-0.39, 0.29) is 0 Å². The van der Waals surface area contributed by atoms with Crippen LogP contribution in [0.1, 0.15) is 175 Å². The van der Waals surface area contributed by atoms with E-state index in [1.165, 1.54) is 174 Å². The Balaban J connectivity index is 0. The molecule has 34 heavy (non-hydrogen) atoms. The molecule has 0 aromatic rings. The molecule has 0 bridgehead atoms. The second-order valence-electron chi connectivity index (χ2n) is 10.3. The fourth-order valence-electron chi connectivity index (χ4n) is 4.64. The third-order valence-corrected chi connectivity index (χ3v) is 6.93. The van der Waals surface area contributed by atoms with Crippen molar-refractivity contribution in [1.29, 1.82) is 0 Å². The molecule has 0 aromatic heterocycles. The van der Waals surface area contributed by atoms with Gasteiger partial charge >= 0.3 is 0 Å². The molecule has 0 aliphatic carbocycles. The molecule has 0 atom stereocenters. The van der Waals surface area contributed by atoms with Gasteiger partial charge < -0.3 is 0 Å². The van der Waals surface area contributed by atoms with Crippen LogP contribution >= 0.6 is 0 Å². The monoisotopic (exact) mass is 485 g/mol. The molecule has 0 amide bonds. The summed E-state index contributed by atoms with van der Waals surface area (Å²) in [5, 5.41) is 2.58. The molecule has 0 aromatic carbocycles. The first-order valence-electron chi connectivity index (χ1n) is 15.7. The van der Waals surface area contributed by atoms with Crippen molar-refractivity contribution in [1.82, 2.24) is 10.4 Å². The zero-order valence-electron chi connectivity index (χ0n) is 24.2. The van der Waals surface area contributed by atoms with Crippen molar-refractivity contribution in [2.45, 2.75) is 175 Å². The Morgan fingerprint density at radius 3 is 0.971 bits per heavy atom. The second-order valence-corrected chi connectivity index (χ2v) is 10.3. The van der Waals surface area contributed by atoms with Crippen molar-refractivity contribution in [2.75, 3.05) is 19.6 Å². The first-order valence-corrected chi connectivity index (χ1v) is 15.7. The average molecular weight is 485 g/mol. The molecule has 208 valence electrons. The summed E-state index contributed by atoms with van der Waals surface area (Å²) < 4.78 is 0. The third-order valence-electron chi connectivity index (χ3n) is 6.93. The van der Waals surface area contributed by atoms with Crippen LogP contribution in [0.2, 0.25) is 0 Å². The Labute approximate surface area is 216 Å². The summed E-state index contributed by atoms with van der Waals surface area (Å²) in [6, 6.07) is 0. The lowest BCUT2D eigenvalue weighted by molar-refractivity contribution is 0.177. The van der Waals surface area contributed by atoms with Crippen LogP contribution in [-0.2, 0) is 0 Å². The van der Waals surface area contributed by atoms with Gasteiger partial charge in [-0.15, -0.1) is 0 Å². The van der Waals surface area contributed by atoms with Crippen LogP contribution in [0.4, 0.5) is 0 Å². The lowest BCUT2D eigenvalue weighted by Gasteiger charge is -2.23. The van der Waals surface area contributed by atoms with E-state index >= 15 is 0 Å². The molecular weight excluding hydrogens is 416 g/mol. The lowest BCUT2D eigenvalue weighted by atomic mass is 10.1. The van der Waals surface area contributed by atoms with Gasteiger partial charge in [0.25, 0.3) is 0 Å². The van der Waals surface area contributed by atoms with Gasteiger partial charge in [0.15, 0.2) is 0 Å². The number of rotatable bonds is 28. The molecule has 0 heterocycles. The summed E-state index contributed by atoms with van der Waals surface area (Å²) in [4.78, 5) is 0. The molecule has 0 saturated heterocycles. The fourth-order valence-corrected chi connectivity index (χ4v) is 4.64. The van der Waals surface area contributed by atoms with Gasteiger partial charge in [0.1, 0.15) is 0 Å². The molecule has 4 nitrogen and oxygen atoms in total. The van der Waals surface area contributed by atoms with Gasteiger partial charge in [-0.3, -0.25) is 17.1 Å². The number of hydrazine groups is 2. The Bertz CT molecular complexity index is 305. The second kappa shape index (κ2) is 35.0. The highest BCUT2D eigenvalue weighted by atomic mass is 15.5. The summed E-state index contributed by atoms with van der Waals surface area (Å²) in [5.41, 5.74) is 3.80. The van der Waals surface area contributed by atoms with E-state index in [0.717, 1.165) is 0 Å². The molecule has 0 spiro atoms. The first kappa shape index (κ1) is 36.0. The van der Waals surface area contributed by atoms with Crippen molar-refractivity contribution in [3.05, 3.63) is 0 Å². The Kier molecular flexibility index (Phi) is 37.1. The maximum atomic E-state index is 4.00. The molecule has 0 unspecified atom stereocenters. The van der Waals surface area contributed by atoms with Crippen molar-refractivity contribution >= 4 is 0 Å². The van der Waals surface area contributed by atoms with Crippen LogP contribution in [0.15, 0.2) is 0 Å². The van der Waals surface area contributed by atoms with Gasteiger partial charge in [0, 0.05) is 19.6 Å². The fraction of sp³-hybridized carbons (Fsp3) is 1.00. The van der Waals surface area contributed by atoms with Crippen LogP contribution in [0.5, 0.6) is 0 Å². The molecule has 5 N–H and O–H groups in total. The Morgan fingerprint density at radius 1 is 0.382 bits per heavy atom. The van der Waals surface area contributed by atoms with E-state index < -0.39 is 0 Å². The van der Waals surface area contributed by atoms with Crippen molar-refractivity contribution in [2.24, 2.45) is 11.7 Å². The third kappa shape index (κ3) is 31.8. The zero-order valence-corrected chi connectivity index (χ0v) is 24.2. The van der Waals surface area contributed by atoms with Gasteiger partial charge in [0.05, 0.1) is 0 Å². The Hall–Kier alpha value is -0.160. The average Bonchev–Trinajstić information content (AvgIpc) is 2.86. The van der Waals surface area contributed by atoms with Crippen LogP contribution in [0.3, 0.4) is 0 Å². The predicted molar refractivity (Wildman–Crippen MR) is 156 cm³/mol. The predicted octanol–water partition coefficient (Wildman–Crippen LogP) is 9.03. The van der Waals surface area contributed by atoms with Crippen LogP contribution in [-0.4, -0.2) is 24.6 Å². The van der Waals surface area contributed by atoms with Gasteiger partial charge in [0.2, 0.25) is 0 Å². The van der Waals surface area contributed by atoms with Gasteiger partial charge in [-0.2, -0.15) is 0 Å². The summed E-state index contributed by atoms with van der Waals surface area (Å²) >= 11 is 0. The lowest BCUT2D eigenvalue weighted by Crippen LogP contribution is -2.40. The van der Waals surface area contributed by atoms with E-state index in [4.69, 9.17) is 0 Å². The van der Waals surface area contributed by atoms with Gasteiger partial charge in [-0.05, 0) is 19.3 Å². The maximum absolute atomic E-state index is 4.00. The van der Waals surface area contributed by atoms with Crippen LogP contribution in [0.25, 0.3) is 0 Å². The van der Waals surface area contributed by atoms with Crippen molar-refractivity contribution in [3.8, 4) is 0 Å². The summed E-state index contributed by atoms with van der Waals surface area (Å²) in [6.45, 7) is 10.6. The molecule has 0 aliphatic rings. The van der Waals surface area contributed by atoms with E-state index in [1.54, 1.807) is 0 Å². The van der Waals surface area contributed by atoms with E-state index in [9.17, 15) is 0 Å². The minimum atomic E-state index is 1.18. The number of nitrogens with one attached hydrogen (secondary N) is 1. The topological polar surface area (TPSA) is 67.3 Å². The smallest absolute Gasteiger partial charge is 0.0130 e. The first-order chi connectivity index (χ1) is 16.8. The SMILES string of the molecule is CCCCCCCCCCNN(CCCCCCCCCC)CCCCCCCCCC.NN. The zero-order chi connectivity index (χ0) is 25.4. The minimum Gasteiger partial charge on any atom is -0.274 e. The quantitative estimate of drug-likeness (QED) is 0.0588. The van der Waals surface area contributed by atoms with Gasteiger partial charge in [-0.25, -0.2) is 5.01 Å². The normalized spacial score (nSPS) is 11.1. The van der Waals surface area contributed by atoms with Crippen molar-refractivity contribution < 1.29 is 0 Å². The molecule has 0 rings (SSSR count). The number of nitrogens with two attached hydrogens (primary N) is 2. The largest absolute Gasteiger partial charge is 0.274 e. The highest BCUT2D eigenvalue weighted by Crippen LogP contribution is 2.11. The van der Waals surface area contributed by atoms with Crippen LogP contribution < -0.4 is 17.1 Å². The van der Waals surface area contributed by atoms with E-state index in [0.29, 0.717) is 0 Å². The number of hydrogen-bond acceptors (Lipinski definition) is 4. The minimum absolute atomic E-state index is 1.18. The molecule has 4 heteroatoms. The molecular formula is C30H68N4. The highest BCUT2D eigenvalue weighted by Gasteiger charge is 2.04. The standard InChI is InChI=1S/C30H64N2.H4N2/c1-4-7-10-13-16-19-22-25-28-31-32(29-26-23-20-17-14-11-8-5-2)30-27-24-21-18-15-12-9-6-3;1-2/h31H,4-30H2,1-3H3;1-2H2. The molecule has 0 fully saturated rings.